The fourth-order valence-corrected chi connectivity index (χ4v) is 2.85. The lowest BCUT2D eigenvalue weighted by molar-refractivity contribution is -0.385. The van der Waals surface area contributed by atoms with Gasteiger partial charge >= 0.3 is 6.09 Å². The summed E-state index contributed by atoms with van der Waals surface area (Å²) in [7, 11) is 0. The number of carbonyl (C=O) groups is 1. The van der Waals surface area contributed by atoms with Gasteiger partial charge in [0.2, 0.25) is 0 Å². The lowest BCUT2D eigenvalue weighted by atomic mass is 10.1. The molecule has 1 heterocycles. The van der Waals surface area contributed by atoms with E-state index in [4.69, 9.17) is 10.00 Å². The maximum absolute atomic E-state index is 14.7. The Morgan fingerprint density at radius 2 is 2.15 bits per heavy atom. The third kappa shape index (κ3) is 4.43. The van der Waals surface area contributed by atoms with Gasteiger partial charge in [0, 0.05) is 25.7 Å². The number of benzene rings is 1. The smallest absolute Gasteiger partial charge is 0.410 e. The van der Waals surface area contributed by atoms with E-state index in [1.165, 1.54) is 17.0 Å². The number of anilines is 1. The van der Waals surface area contributed by atoms with E-state index in [1.54, 1.807) is 25.7 Å². The van der Waals surface area contributed by atoms with Crippen LogP contribution in [-0.2, 0) is 4.74 Å². The minimum Gasteiger partial charge on any atom is -0.444 e. The molecule has 146 valence electrons. The van der Waals surface area contributed by atoms with Crippen LogP contribution in [0.2, 0.25) is 0 Å². The Bertz CT molecular complexity index is 787. The molecule has 27 heavy (non-hydrogen) atoms. The lowest BCUT2D eigenvalue weighted by Gasteiger charge is -2.42. The third-order valence-corrected chi connectivity index (χ3v) is 4.07. The monoisotopic (exact) mass is 380 g/mol. The molecule has 1 N–H and O–H groups in total. The normalized spacial score (nSPS) is 17.4. The lowest BCUT2D eigenvalue weighted by Crippen LogP contribution is -2.57. The summed E-state index contributed by atoms with van der Waals surface area (Å²) in [6, 6.07) is 3.18. The number of aliphatic hydroxyl groups excluding tert-OH is 1. The van der Waals surface area contributed by atoms with Crippen molar-refractivity contribution in [1.82, 2.24) is 4.90 Å². The zero-order valence-electron chi connectivity index (χ0n) is 15.3. The Morgan fingerprint density at radius 1 is 1.48 bits per heavy atom. The first kappa shape index (κ1) is 20.4. The first-order valence-corrected chi connectivity index (χ1v) is 8.31. The highest BCUT2D eigenvalue weighted by molar-refractivity contribution is 5.69. The molecule has 0 radical (unpaired) electrons. The number of hydrogen-bond acceptors (Lipinski definition) is 7. The van der Waals surface area contributed by atoms with E-state index in [1.807, 2.05) is 0 Å². The van der Waals surface area contributed by atoms with Crippen molar-refractivity contribution in [3.8, 4) is 6.07 Å². The number of nitro groups is 1. The largest absolute Gasteiger partial charge is 0.444 e. The van der Waals surface area contributed by atoms with E-state index in [0.717, 1.165) is 6.07 Å². The summed E-state index contributed by atoms with van der Waals surface area (Å²) in [4.78, 5) is 25.3. The molecule has 1 aromatic rings. The molecule has 0 aromatic heterocycles. The number of amides is 1. The van der Waals surface area contributed by atoms with Crippen LogP contribution in [0.5, 0.6) is 0 Å². The van der Waals surface area contributed by atoms with Crippen molar-refractivity contribution in [2.24, 2.45) is 0 Å². The number of ether oxygens (including phenoxy) is 1. The van der Waals surface area contributed by atoms with Gasteiger partial charge in [-0.25, -0.2) is 9.18 Å². The van der Waals surface area contributed by atoms with Crippen molar-refractivity contribution in [1.29, 1.82) is 5.26 Å². The van der Waals surface area contributed by atoms with Gasteiger partial charge in [0.05, 0.1) is 23.3 Å². The summed E-state index contributed by atoms with van der Waals surface area (Å²) in [6.07, 6.45) is -0.580. The number of halogens is 1. The van der Waals surface area contributed by atoms with Gasteiger partial charge in [0.25, 0.3) is 5.69 Å². The molecule has 1 aromatic carbocycles. The maximum atomic E-state index is 14.7. The standard InChI is InChI=1S/C17H21FN4O5/c1-17(2,3)27-16(24)21-7-6-20(9-11(21)10-23)14-5-4-13(22(25)26)12(8-19)15(14)18/h4-5,11,23H,6-7,9-10H2,1-3H3. The van der Waals surface area contributed by atoms with E-state index >= 15 is 0 Å². The predicted molar refractivity (Wildman–Crippen MR) is 93.8 cm³/mol. The second kappa shape index (κ2) is 7.75. The molecule has 0 saturated carbocycles. The molecule has 1 aliphatic heterocycles. The average molecular weight is 380 g/mol. The molecular weight excluding hydrogens is 359 g/mol. The molecule has 1 amide bonds. The van der Waals surface area contributed by atoms with Crippen LogP contribution in [-0.4, -0.2) is 58.9 Å². The minimum atomic E-state index is -0.992. The summed E-state index contributed by atoms with van der Waals surface area (Å²) in [5.41, 5.74) is -1.93. The Balaban J connectivity index is 2.25. The molecule has 0 bridgehead atoms. The molecule has 0 spiro atoms. The second-order valence-electron chi connectivity index (χ2n) is 7.12. The topological polar surface area (TPSA) is 120 Å². The van der Waals surface area contributed by atoms with E-state index in [-0.39, 0.29) is 31.9 Å². The van der Waals surface area contributed by atoms with Crippen LogP contribution in [0.1, 0.15) is 26.3 Å². The molecule has 1 fully saturated rings. The Labute approximate surface area is 155 Å². The van der Waals surface area contributed by atoms with Crippen molar-refractivity contribution in [2.45, 2.75) is 32.4 Å². The molecule has 1 aliphatic rings. The zero-order valence-corrected chi connectivity index (χ0v) is 15.3. The number of carbonyl (C=O) groups excluding carboxylic acids is 1. The van der Waals surface area contributed by atoms with Gasteiger partial charge in [0.15, 0.2) is 11.4 Å². The summed E-state index contributed by atoms with van der Waals surface area (Å²) >= 11 is 0. The van der Waals surface area contributed by atoms with E-state index in [0.29, 0.717) is 0 Å². The molecule has 1 saturated heterocycles. The molecule has 1 atom stereocenters. The van der Waals surface area contributed by atoms with E-state index in [9.17, 15) is 24.4 Å². The number of piperazine rings is 1. The Morgan fingerprint density at radius 3 is 2.67 bits per heavy atom. The first-order valence-electron chi connectivity index (χ1n) is 8.31. The highest BCUT2D eigenvalue weighted by atomic mass is 19.1. The first-order chi connectivity index (χ1) is 12.6. The van der Waals surface area contributed by atoms with Crippen LogP contribution in [0.25, 0.3) is 0 Å². The number of aliphatic hydroxyl groups is 1. The highest BCUT2D eigenvalue weighted by Gasteiger charge is 2.34. The average Bonchev–Trinajstić information content (AvgIpc) is 2.59. The molecule has 9 nitrogen and oxygen atoms in total. The van der Waals surface area contributed by atoms with E-state index in [2.05, 4.69) is 0 Å². The summed E-state index contributed by atoms with van der Waals surface area (Å²) in [5.74, 6) is -0.992. The Hall–Kier alpha value is -2.93. The van der Waals surface area contributed by atoms with Gasteiger partial charge in [-0.3, -0.25) is 15.0 Å². The van der Waals surface area contributed by atoms with Crippen molar-refractivity contribution < 1.29 is 24.0 Å². The van der Waals surface area contributed by atoms with Gasteiger partial charge in [-0.1, -0.05) is 0 Å². The minimum absolute atomic E-state index is 0.0134. The van der Waals surface area contributed by atoms with Crippen LogP contribution < -0.4 is 4.90 Å². The van der Waals surface area contributed by atoms with Crippen LogP contribution in [0, 0.1) is 27.3 Å². The predicted octanol–water partition coefficient (Wildman–Crippen LogP) is 2.02. The number of rotatable bonds is 3. The second-order valence-corrected chi connectivity index (χ2v) is 7.12. The van der Waals surface area contributed by atoms with Crippen LogP contribution in [0.3, 0.4) is 0 Å². The highest BCUT2D eigenvalue weighted by Crippen LogP contribution is 2.30. The van der Waals surface area contributed by atoms with E-state index < -0.39 is 39.7 Å². The molecule has 10 heteroatoms. The van der Waals surface area contributed by atoms with Crippen molar-refractivity contribution in [2.75, 3.05) is 31.1 Å². The third-order valence-electron chi connectivity index (χ3n) is 4.07. The maximum Gasteiger partial charge on any atom is 0.410 e. The van der Waals surface area contributed by atoms with Crippen LogP contribution in [0.15, 0.2) is 12.1 Å². The van der Waals surface area contributed by atoms with Crippen molar-refractivity contribution in [3.05, 3.63) is 33.6 Å². The van der Waals surface area contributed by atoms with Crippen molar-refractivity contribution >= 4 is 17.5 Å². The summed E-state index contributed by atoms with van der Waals surface area (Å²) < 4.78 is 20.0. The summed E-state index contributed by atoms with van der Waals surface area (Å²) in [5, 5.41) is 29.7. The number of nitro benzene ring substituents is 1. The molecule has 0 aliphatic carbocycles. The summed E-state index contributed by atoms with van der Waals surface area (Å²) in [6.45, 7) is 5.29. The fraction of sp³-hybridized carbons (Fsp3) is 0.529. The van der Waals surface area contributed by atoms with Gasteiger partial charge < -0.3 is 14.7 Å². The fourth-order valence-electron chi connectivity index (χ4n) is 2.85. The van der Waals surface area contributed by atoms with Crippen molar-refractivity contribution in [3.63, 3.8) is 0 Å². The number of nitrogens with zero attached hydrogens (tertiary/aromatic N) is 4. The molecule has 1 unspecified atom stereocenters. The SMILES string of the molecule is CC(C)(C)OC(=O)N1CCN(c2ccc([N+](=O)[O-])c(C#N)c2F)CC1CO. The molecule has 2 rings (SSSR count). The van der Waals surface area contributed by atoms with Gasteiger partial charge in [0.1, 0.15) is 11.7 Å². The Kier molecular flexibility index (Phi) is 5.85. The van der Waals surface area contributed by atoms with Gasteiger partial charge in [-0.15, -0.1) is 0 Å². The van der Waals surface area contributed by atoms with Gasteiger partial charge in [-0.05, 0) is 26.8 Å². The number of nitriles is 1. The van der Waals surface area contributed by atoms with Crippen LogP contribution >= 0.6 is 0 Å². The number of hydrogen-bond donors (Lipinski definition) is 1. The quantitative estimate of drug-likeness (QED) is 0.629. The van der Waals surface area contributed by atoms with Gasteiger partial charge in [-0.2, -0.15) is 5.26 Å². The zero-order chi connectivity index (χ0) is 20.4. The molecular formula is C17H21FN4O5. The van der Waals surface area contributed by atoms with Crippen LogP contribution in [0.4, 0.5) is 20.6 Å².